The maximum absolute atomic E-state index is 11.7. The number of piperidine rings is 1. The first-order valence-electron chi connectivity index (χ1n) is 5.24. The summed E-state index contributed by atoms with van der Waals surface area (Å²) in [6.45, 7) is 0.850. The van der Waals surface area contributed by atoms with E-state index in [2.05, 4.69) is 5.32 Å². The normalized spacial score (nSPS) is 32.3. The van der Waals surface area contributed by atoms with Crippen LogP contribution in [0.3, 0.4) is 0 Å². The quantitative estimate of drug-likeness (QED) is 0.814. The van der Waals surface area contributed by atoms with Gasteiger partial charge in [-0.2, -0.15) is 0 Å². The lowest BCUT2D eigenvalue weighted by Crippen LogP contribution is -2.26. The van der Waals surface area contributed by atoms with Gasteiger partial charge in [0.25, 0.3) is 0 Å². The molecule has 1 N–H and O–H groups in total. The summed E-state index contributed by atoms with van der Waals surface area (Å²) in [6, 6.07) is 7.79. The van der Waals surface area contributed by atoms with Crippen molar-refractivity contribution < 1.29 is 4.79 Å². The second kappa shape index (κ2) is 2.99. The van der Waals surface area contributed by atoms with Crippen LogP contribution in [0.5, 0.6) is 0 Å². The van der Waals surface area contributed by atoms with E-state index in [1.807, 2.05) is 24.3 Å². The van der Waals surface area contributed by atoms with Crippen LogP contribution in [0.4, 0.5) is 0 Å². The van der Waals surface area contributed by atoms with E-state index in [1.165, 1.54) is 0 Å². The van der Waals surface area contributed by atoms with E-state index in [1.54, 1.807) is 0 Å². The zero-order valence-electron chi connectivity index (χ0n) is 8.29. The molecule has 0 radical (unpaired) electrons. The van der Waals surface area contributed by atoms with Crippen molar-refractivity contribution >= 4 is 17.5 Å². The van der Waals surface area contributed by atoms with Crippen LogP contribution in [0, 0.1) is 11.3 Å². The lowest BCUT2D eigenvalue weighted by molar-refractivity contribution is -0.124. The van der Waals surface area contributed by atoms with Crippen LogP contribution in [-0.4, -0.2) is 12.5 Å². The fourth-order valence-electron chi connectivity index (χ4n) is 2.60. The Morgan fingerprint density at radius 1 is 1.47 bits per heavy atom. The van der Waals surface area contributed by atoms with E-state index in [4.69, 9.17) is 11.6 Å². The minimum Gasteiger partial charge on any atom is -0.355 e. The number of amides is 1. The van der Waals surface area contributed by atoms with Crippen LogP contribution in [-0.2, 0) is 11.2 Å². The average molecular weight is 222 g/mol. The molecule has 1 saturated carbocycles. The van der Waals surface area contributed by atoms with Gasteiger partial charge in [0.05, 0.1) is 5.41 Å². The van der Waals surface area contributed by atoms with Gasteiger partial charge in [-0.05, 0) is 30.4 Å². The van der Waals surface area contributed by atoms with Crippen molar-refractivity contribution in [1.29, 1.82) is 0 Å². The van der Waals surface area contributed by atoms with Crippen molar-refractivity contribution in [3.63, 3.8) is 0 Å². The van der Waals surface area contributed by atoms with Crippen molar-refractivity contribution in [1.82, 2.24) is 5.32 Å². The van der Waals surface area contributed by atoms with Crippen molar-refractivity contribution in [2.75, 3.05) is 6.54 Å². The first-order chi connectivity index (χ1) is 7.22. The van der Waals surface area contributed by atoms with E-state index >= 15 is 0 Å². The number of carbonyl (C=O) groups is 1. The van der Waals surface area contributed by atoms with Gasteiger partial charge >= 0.3 is 0 Å². The van der Waals surface area contributed by atoms with Gasteiger partial charge in [0.1, 0.15) is 0 Å². The number of hydrogen-bond acceptors (Lipinski definition) is 1. The molecule has 2 nitrogen and oxygen atoms in total. The van der Waals surface area contributed by atoms with E-state index < -0.39 is 0 Å². The molecule has 78 valence electrons. The topological polar surface area (TPSA) is 29.1 Å². The van der Waals surface area contributed by atoms with Crippen molar-refractivity contribution in [2.45, 2.75) is 12.8 Å². The lowest BCUT2D eigenvalue weighted by Gasteiger charge is -2.11. The van der Waals surface area contributed by atoms with Gasteiger partial charge in [-0.25, -0.2) is 0 Å². The molecule has 1 heterocycles. The largest absolute Gasteiger partial charge is 0.355 e. The van der Waals surface area contributed by atoms with Crippen molar-refractivity contribution in [2.24, 2.45) is 11.3 Å². The summed E-state index contributed by atoms with van der Waals surface area (Å²) in [5.41, 5.74) is 0.976. The van der Waals surface area contributed by atoms with Gasteiger partial charge in [-0.1, -0.05) is 29.8 Å². The summed E-state index contributed by atoms with van der Waals surface area (Å²) in [5, 5.41) is 3.69. The Morgan fingerprint density at radius 3 is 2.87 bits per heavy atom. The van der Waals surface area contributed by atoms with Crippen LogP contribution < -0.4 is 5.32 Å². The standard InChI is InChI=1S/C12H12ClNO/c13-10-4-2-1-3-8(10)5-12-6-9(12)7-14-11(12)15/h1-4,9H,5-7H2,(H,14,15). The smallest absolute Gasteiger partial charge is 0.226 e. The summed E-state index contributed by atoms with van der Waals surface area (Å²) < 4.78 is 0. The lowest BCUT2D eigenvalue weighted by atomic mass is 9.95. The van der Waals surface area contributed by atoms with E-state index in [0.29, 0.717) is 5.92 Å². The number of rotatable bonds is 2. The van der Waals surface area contributed by atoms with Crippen molar-refractivity contribution in [3.8, 4) is 0 Å². The first kappa shape index (κ1) is 9.22. The SMILES string of the molecule is O=C1NCC2CC12Cc1ccccc1Cl. The summed E-state index contributed by atoms with van der Waals surface area (Å²) in [4.78, 5) is 11.7. The summed E-state index contributed by atoms with van der Waals surface area (Å²) >= 11 is 6.10. The Kier molecular flexibility index (Phi) is 1.84. The number of nitrogens with one attached hydrogen (secondary N) is 1. The van der Waals surface area contributed by atoms with Crippen LogP contribution in [0.25, 0.3) is 0 Å². The highest BCUT2D eigenvalue weighted by Crippen LogP contribution is 2.57. The maximum atomic E-state index is 11.7. The zero-order valence-corrected chi connectivity index (χ0v) is 9.05. The van der Waals surface area contributed by atoms with Gasteiger partial charge < -0.3 is 5.32 Å². The number of benzene rings is 1. The molecule has 1 aromatic rings. The second-order valence-electron chi connectivity index (χ2n) is 4.54. The minimum atomic E-state index is -0.120. The summed E-state index contributed by atoms with van der Waals surface area (Å²) in [5.74, 6) is 0.758. The zero-order chi connectivity index (χ0) is 10.5. The Morgan fingerprint density at radius 2 is 2.27 bits per heavy atom. The number of halogens is 1. The predicted molar refractivity (Wildman–Crippen MR) is 58.7 cm³/mol. The van der Waals surface area contributed by atoms with Gasteiger partial charge in [-0.15, -0.1) is 0 Å². The molecule has 3 rings (SSSR count). The maximum Gasteiger partial charge on any atom is 0.226 e. The van der Waals surface area contributed by atoms with Crippen LogP contribution in [0.15, 0.2) is 24.3 Å². The molecular weight excluding hydrogens is 210 g/mol. The van der Waals surface area contributed by atoms with E-state index in [9.17, 15) is 4.79 Å². The van der Waals surface area contributed by atoms with Gasteiger partial charge in [0.15, 0.2) is 0 Å². The molecule has 3 heteroatoms. The molecule has 1 aliphatic carbocycles. The molecule has 0 bridgehead atoms. The predicted octanol–water partition coefficient (Wildman–Crippen LogP) is 2.02. The molecule has 2 fully saturated rings. The fourth-order valence-corrected chi connectivity index (χ4v) is 2.80. The van der Waals surface area contributed by atoms with Crippen LogP contribution >= 0.6 is 11.6 Å². The number of carbonyl (C=O) groups excluding carboxylic acids is 1. The fraction of sp³-hybridized carbons (Fsp3) is 0.417. The van der Waals surface area contributed by atoms with Gasteiger partial charge in [-0.3, -0.25) is 4.79 Å². The molecule has 0 aromatic heterocycles. The number of fused-ring (bicyclic) bond motifs is 1. The molecule has 2 aliphatic rings. The molecule has 2 unspecified atom stereocenters. The average Bonchev–Trinajstić information content (AvgIpc) is 2.86. The molecule has 15 heavy (non-hydrogen) atoms. The summed E-state index contributed by atoms with van der Waals surface area (Å²) in [7, 11) is 0. The van der Waals surface area contributed by atoms with Gasteiger partial charge in [0, 0.05) is 11.6 Å². The molecular formula is C12H12ClNO. The Bertz CT molecular complexity index is 431. The van der Waals surface area contributed by atoms with Crippen LogP contribution in [0.2, 0.25) is 5.02 Å². The Hall–Kier alpha value is -1.02. The Labute approximate surface area is 93.6 Å². The van der Waals surface area contributed by atoms with E-state index in [-0.39, 0.29) is 11.3 Å². The third kappa shape index (κ3) is 1.28. The molecule has 1 saturated heterocycles. The number of hydrogen-bond donors (Lipinski definition) is 1. The highest BCUT2D eigenvalue weighted by molar-refractivity contribution is 6.31. The van der Waals surface area contributed by atoms with Crippen LogP contribution in [0.1, 0.15) is 12.0 Å². The third-order valence-corrected chi connectivity index (χ3v) is 4.03. The third-order valence-electron chi connectivity index (χ3n) is 3.66. The van der Waals surface area contributed by atoms with Crippen molar-refractivity contribution in [3.05, 3.63) is 34.9 Å². The minimum absolute atomic E-state index is 0.120. The molecule has 2 atom stereocenters. The molecule has 0 spiro atoms. The highest BCUT2D eigenvalue weighted by atomic mass is 35.5. The van der Waals surface area contributed by atoms with E-state index in [0.717, 1.165) is 30.0 Å². The second-order valence-corrected chi connectivity index (χ2v) is 4.94. The highest BCUT2D eigenvalue weighted by Gasteiger charge is 2.63. The summed E-state index contributed by atoms with van der Waals surface area (Å²) in [6.07, 6.45) is 1.83. The van der Waals surface area contributed by atoms with Gasteiger partial charge in [0.2, 0.25) is 5.91 Å². The molecule has 1 aromatic carbocycles. The monoisotopic (exact) mass is 221 g/mol. The Balaban J connectivity index is 1.88. The molecule has 1 amide bonds. The first-order valence-corrected chi connectivity index (χ1v) is 5.62. The molecule has 1 aliphatic heterocycles.